The summed E-state index contributed by atoms with van der Waals surface area (Å²) in [4.78, 5) is 19.4. The minimum absolute atomic E-state index is 0.0911. The average Bonchev–Trinajstić information content (AvgIpc) is 2.66. The lowest BCUT2D eigenvalue weighted by Gasteiger charge is -2.35. The van der Waals surface area contributed by atoms with Crippen LogP contribution in [0.5, 0.6) is 0 Å². The highest BCUT2D eigenvalue weighted by Crippen LogP contribution is 2.35. The van der Waals surface area contributed by atoms with Crippen molar-refractivity contribution >= 4 is 29.4 Å². The molecule has 0 bridgehead atoms. The molecule has 142 valence electrons. The van der Waals surface area contributed by atoms with Gasteiger partial charge >= 0.3 is 6.18 Å². The van der Waals surface area contributed by atoms with E-state index >= 15 is 0 Å². The van der Waals surface area contributed by atoms with E-state index in [1.54, 1.807) is 34.1 Å². The van der Waals surface area contributed by atoms with Crippen molar-refractivity contribution in [3.63, 3.8) is 0 Å². The number of hydrogen-bond acceptors (Lipinski definition) is 3. The van der Waals surface area contributed by atoms with Crippen LogP contribution in [0.25, 0.3) is 6.08 Å². The summed E-state index contributed by atoms with van der Waals surface area (Å²) in [5.74, 6) is -0.279. The summed E-state index contributed by atoms with van der Waals surface area (Å²) in [7, 11) is 0. The molecular formula is C19H17ClF3N3O. The summed E-state index contributed by atoms with van der Waals surface area (Å²) >= 11 is 5.91. The second-order valence-electron chi connectivity index (χ2n) is 6.07. The van der Waals surface area contributed by atoms with Gasteiger partial charge in [0.05, 0.1) is 5.56 Å². The van der Waals surface area contributed by atoms with Gasteiger partial charge in [-0.2, -0.15) is 13.2 Å². The summed E-state index contributed by atoms with van der Waals surface area (Å²) in [6.45, 7) is 1.23. The van der Waals surface area contributed by atoms with E-state index in [0.717, 1.165) is 11.6 Å². The zero-order chi connectivity index (χ0) is 19.4. The van der Waals surface area contributed by atoms with Crippen LogP contribution in [0.1, 0.15) is 11.1 Å². The van der Waals surface area contributed by atoms with Crippen molar-refractivity contribution in [2.45, 2.75) is 6.18 Å². The number of aromatic nitrogens is 1. The zero-order valence-electron chi connectivity index (χ0n) is 14.3. The summed E-state index contributed by atoms with van der Waals surface area (Å²) in [6.07, 6.45) is -0.00357. The second kappa shape index (κ2) is 8.00. The van der Waals surface area contributed by atoms with Gasteiger partial charge in [0.1, 0.15) is 5.82 Å². The lowest BCUT2D eigenvalue weighted by atomic mass is 10.2. The maximum absolute atomic E-state index is 13.1. The van der Waals surface area contributed by atoms with E-state index in [1.165, 1.54) is 18.3 Å². The maximum Gasteiger partial charge on any atom is 0.419 e. The number of piperazine rings is 1. The fraction of sp³-hybridized carbons (Fsp3) is 0.263. The molecule has 27 heavy (non-hydrogen) atoms. The summed E-state index contributed by atoms with van der Waals surface area (Å²) < 4.78 is 39.4. The first-order valence-electron chi connectivity index (χ1n) is 8.34. The van der Waals surface area contributed by atoms with Crippen LogP contribution < -0.4 is 4.90 Å². The number of carbonyl (C=O) groups is 1. The Labute approximate surface area is 159 Å². The van der Waals surface area contributed by atoms with Crippen molar-refractivity contribution in [3.05, 3.63) is 64.8 Å². The van der Waals surface area contributed by atoms with Gasteiger partial charge in [-0.3, -0.25) is 4.79 Å². The molecule has 1 aliphatic rings. The molecule has 1 saturated heterocycles. The van der Waals surface area contributed by atoms with Crippen LogP contribution in [0.4, 0.5) is 19.0 Å². The predicted molar refractivity (Wildman–Crippen MR) is 98.5 cm³/mol. The number of nitrogens with zero attached hydrogens (tertiary/aromatic N) is 3. The Morgan fingerprint density at radius 3 is 2.52 bits per heavy atom. The van der Waals surface area contributed by atoms with E-state index in [0.29, 0.717) is 18.1 Å². The van der Waals surface area contributed by atoms with Crippen molar-refractivity contribution in [1.29, 1.82) is 0 Å². The first-order valence-corrected chi connectivity index (χ1v) is 8.72. The number of alkyl halides is 3. The van der Waals surface area contributed by atoms with Gasteiger partial charge < -0.3 is 9.80 Å². The van der Waals surface area contributed by atoms with E-state index in [2.05, 4.69) is 4.98 Å². The Bertz CT molecular complexity index is 846. The van der Waals surface area contributed by atoms with Crippen molar-refractivity contribution in [2.24, 2.45) is 0 Å². The molecule has 3 rings (SSSR count). The molecule has 0 radical (unpaired) electrons. The quantitative estimate of drug-likeness (QED) is 0.734. The minimum Gasteiger partial charge on any atom is -0.353 e. The number of pyridine rings is 1. The molecular weight excluding hydrogens is 379 g/mol. The second-order valence-corrected chi connectivity index (χ2v) is 6.51. The molecule has 0 unspecified atom stereocenters. The number of halogens is 4. The largest absolute Gasteiger partial charge is 0.419 e. The molecule has 1 fully saturated rings. The molecule has 1 aromatic heterocycles. The lowest BCUT2D eigenvalue weighted by Crippen LogP contribution is -2.49. The van der Waals surface area contributed by atoms with Gasteiger partial charge in [-0.15, -0.1) is 0 Å². The zero-order valence-corrected chi connectivity index (χ0v) is 15.0. The predicted octanol–water partition coefficient (Wildman–Crippen LogP) is 4.12. The Kier molecular flexibility index (Phi) is 5.70. The Morgan fingerprint density at radius 2 is 1.85 bits per heavy atom. The summed E-state index contributed by atoms with van der Waals surface area (Å²) in [5.41, 5.74) is 0.0448. The average molecular weight is 396 g/mol. The van der Waals surface area contributed by atoms with Crippen LogP contribution >= 0.6 is 11.6 Å². The summed E-state index contributed by atoms with van der Waals surface area (Å²) in [5, 5.41) is 0.578. The van der Waals surface area contributed by atoms with Crippen molar-refractivity contribution in [2.75, 3.05) is 31.1 Å². The first kappa shape index (κ1) is 19.2. The lowest BCUT2D eigenvalue weighted by molar-refractivity contribution is -0.137. The molecule has 0 N–H and O–H groups in total. The van der Waals surface area contributed by atoms with Gasteiger partial charge in [0.15, 0.2) is 0 Å². The fourth-order valence-corrected chi connectivity index (χ4v) is 3.09. The van der Waals surface area contributed by atoms with Crippen LogP contribution in [0.3, 0.4) is 0 Å². The van der Waals surface area contributed by atoms with Gasteiger partial charge in [-0.1, -0.05) is 23.7 Å². The Hall–Kier alpha value is -2.54. The van der Waals surface area contributed by atoms with E-state index in [9.17, 15) is 18.0 Å². The number of amides is 1. The van der Waals surface area contributed by atoms with Gasteiger partial charge in [-0.05, 0) is 35.9 Å². The number of carbonyl (C=O) groups excluding carboxylic acids is 1. The molecule has 1 aliphatic heterocycles. The number of rotatable bonds is 3. The van der Waals surface area contributed by atoms with Crippen LogP contribution in [0, 0.1) is 0 Å². The molecule has 0 saturated carbocycles. The van der Waals surface area contributed by atoms with Crippen LogP contribution in [-0.4, -0.2) is 42.0 Å². The SMILES string of the molecule is O=C(C=Cc1cccc(Cl)c1)N1CCN(c2ncccc2C(F)(F)F)CC1. The third kappa shape index (κ3) is 4.80. The fourth-order valence-electron chi connectivity index (χ4n) is 2.89. The highest BCUT2D eigenvalue weighted by atomic mass is 35.5. The van der Waals surface area contributed by atoms with Crippen LogP contribution in [-0.2, 0) is 11.0 Å². The van der Waals surface area contributed by atoms with Crippen LogP contribution in [0.2, 0.25) is 5.02 Å². The van der Waals surface area contributed by atoms with Gasteiger partial charge in [0.2, 0.25) is 5.91 Å². The highest BCUT2D eigenvalue weighted by Gasteiger charge is 2.36. The molecule has 1 aromatic carbocycles. The van der Waals surface area contributed by atoms with Crippen molar-refractivity contribution in [3.8, 4) is 0 Å². The monoisotopic (exact) mass is 395 g/mol. The van der Waals surface area contributed by atoms with Gasteiger partial charge in [0.25, 0.3) is 0 Å². The minimum atomic E-state index is -4.46. The topological polar surface area (TPSA) is 36.4 Å². The molecule has 1 amide bonds. The Balaban J connectivity index is 1.63. The number of benzene rings is 1. The molecule has 0 aliphatic carbocycles. The molecule has 4 nitrogen and oxygen atoms in total. The van der Waals surface area contributed by atoms with Crippen molar-refractivity contribution in [1.82, 2.24) is 9.88 Å². The van der Waals surface area contributed by atoms with E-state index in [4.69, 9.17) is 11.6 Å². The Morgan fingerprint density at radius 1 is 1.11 bits per heavy atom. The third-order valence-electron chi connectivity index (χ3n) is 4.25. The van der Waals surface area contributed by atoms with E-state index < -0.39 is 11.7 Å². The van der Waals surface area contributed by atoms with Crippen molar-refractivity contribution < 1.29 is 18.0 Å². The number of hydrogen-bond donors (Lipinski definition) is 0. The molecule has 0 spiro atoms. The molecule has 2 heterocycles. The van der Waals surface area contributed by atoms with Gasteiger partial charge in [0, 0.05) is 43.5 Å². The molecule has 0 atom stereocenters. The van der Waals surface area contributed by atoms with Crippen LogP contribution in [0.15, 0.2) is 48.7 Å². The summed E-state index contributed by atoms with van der Waals surface area (Å²) in [6, 6.07) is 9.39. The normalized spacial score (nSPS) is 15.4. The standard InChI is InChI=1S/C19H17ClF3N3O/c20-15-4-1-3-14(13-15)6-7-17(27)25-9-11-26(12-10-25)18-16(19(21,22)23)5-2-8-24-18/h1-8,13H,9-12H2. The smallest absolute Gasteiger partial charge is 0.353 e. The molecule has 2 aromatic rings. The highest BCUT2D eigenvalue weighted by molar-refractivity contribution is 6.30. The number of anilines is 1. The van der Waals surface area contributed by atoms with E-state index in [1.807, 2.05) is 6.07 Å². The third-order valence-corrected chi connectivity index (χ3v) is 4.49. The first-order chi connectivity index (χ1) is 12.8. The molecule has 8 heteroatoms. The van der Waals surface area contributed by atoms with E-state index in [-0.39, 0.29) is 24.8 Å². The maximum atomic E-state index is 13.1. The van der Waals surface area contributed by atoms with Gasteiger partial charge in [-0.25, -0.2) is 4.98 Å².